The van der Waals surface area contributed by atoms with Gasteiger partial charge < -0.3 is 15.3 Å². The quantitative estimate of drug-likeness (QED) is 0.750. The number of nitrogens with zero attached hydrogens (tertiary/aromatic N) is 1. The highest BCUT2D eigenvalue weighted by molar-refractivity contribution is 5.76. The van der Waals surface area contributed by atoms with Gasteiger partial charge in [0.2, 0.25) is 0 Å². The van der Waals surface area contributed by atoms with E-state index >= 15 is 0 Å². The van der Waals surface area contributed by atoms with Crippen molar-refractivity contribution in [2.75, 3.05) is 0 Å². The average molecular weight is 192 g/mol. The second-order valence-corrected chi connectivity index (χ2v) is 3.37. The summed E-state index contributed by atoms with van der Waals surface area (Å²) in [6.45, 7) is 1.74. The molecule has 2 atom stereocenters. The van der Waals surface area contributed by atoms with Crippen LogP contribution in [0.5, 0.6) is 0 Å². The largest absolute Gasteiger partial charge is 0.463 e. The Bertz CT molecular complexity index is 436. The molecule has 0 saturated heterocycles. The maximum absolute atomic E-state index is 9.68. The van der Waals surface area contributed by atoms with Crippen LogP contribution in [0.2, 0.25) is 0 Å². The molecule has 4 heteroatoms. The van der Waals surface area contributed by atoms with Gasteiger partial charge in [-0.2, -0.15) is 0 Å². The predicted molar refractivity (Wildman–Crippen MR) is 52.6 cm³/mol. The van der Waals surface area contributed by atoms with Crippen molar-refractivity contribution in [2.24, 2.45) is 5.73 Å². The minimum atomic E-state index is -0.728. The van der Waals surface area contributed by atoms with Crippen LogP contribution in [0.4, 0.5) is 0 Å². The normalized spacial score (nSPS) is 15.6. The lowest BCUT2D eigenvalue weighted by atomic mass is 10.1. The third kappa shape index (κ3) is 1.49. The van der Waals surface area contributed by atoms with E-state index in [1.807, 2.05) is 6.07 Å². The topological polar surface area (TPSA) is 72.3 Å². The number of aliphatic hydroxyl groups is 1. The number of hydrogen-bond acceptors (Lipinski definition) is 4. The Morgan fingerprint density at radius 1 is 1.57 bits per heavy atom. The second-order valence-electron chi connectivity index (χ2n) is 3.37. The first-order valence-electron chi connectivity index (χ1n) is 4.45. The standard InChI is InChI=1S/C10H12N2O2/c1-6(11)10(13)8-4-7-2-3-14-9(7)5-12-8/h2-6,10,13H,11H2,1H3. The van der Waals surface area contributed by atoms with Gasteiger partial charge in [-0.15, -0.1) is 0 Å². The van der Waals surface area contributed by atoms with Crippen LogP contribution >= 0.6 is 0 Å². The lowest BCUT2D eigenvalue weighted by Gasteiger charge is -2.13. The lowest BCUT2D eigenvalue weighted by molar-refractivity contribution is 0.149. The molecule has 14 heavy (non-hydrogen) atoms. The molecule has 4 nitrogen and oxygen atoms in total. The van der Waals surface area contributed by atoms with Crippen molar-refractivity contribution in [1.29, 1.82) is 0 Å². The fourth-order valence-corrected chi connectivity index (χ4v) is 1.32. The molecule has 2 aromatic heterocycles. The minimum Gasteiger partial charge on any atom is -0.463 e. The maximum atomic E-state index is 9.68. The third-order valence-corrected chi connectivity index (χ3v) is 2.16. The molecule has 3 N–H and O–H groups in total. The molecule has 2 rings (SSSR count). The Balaban J connectivity index is 2.43. The number of aliphatic hydroxyl groups excluding tert-OH is 1. The number of hydrogen-bond donors (Lipinski definition) is 2. The van der Waals surface area contributed by atoms with Crippen LogP contribution in [0.1, 0.15) is 18.7 Å². The van der Waals surface area contributed by atoms with Crippen LogP contribution in [0.15, 0.2) is 29.0 Å². The average Bonchev–Trinajstić information content (AvgIpc) is 2.62. The SMILES string of the molecule is CC(N)C(O)c1cc2ccoc2cn1. The summed E-state index contributed by atoms with van der Waals surface area (Å²) in [4.78, 5) is 4.08. The van der Waals surface area contributed by atoms with Crippen molar-refractivity contribution in [3.8, 4) is 0 Å². The van der Waals surface area contributed by atoms with Gasteiger partial charge in [0.05, 0.1) is 18.2 Å². The number of fused-ring (bicyclic) bond motifs is 1. The number of nitrogens with two attached hydrogens (primary N) is 1. The summed E-state index contributed by atoms with van der Waals surface area (Å²) in [5.41, 5.74) is 6.87. The molecule has 0 aliphatic heterocycles. The molecule has 0 radical (unpaired) electrons. The first kappa shape index (κ1) is 9.18. The van der Waals surface area contributed by atoms with Crippen LogP contribution in [0.3, 0.4) is 0 Å². The molecule has 0 spiro atoms. The summed E-state index contributed by atoms with van der Waals surface area (Å²) in [6.07, 6.45) is 2.46. The molecule has 0 fully saturated rings. The minimum absolute atomic E-state index is 0.327. The Labute approximate surface area is 81.4 Å². The van der Waals surface area contributed by atoms with Gasteiger partial charge in [-0.1, -0.05) is 0 Å². The Morgan fingerprint density at radius 3 is 3.07 bits per heavy atom. The van der Waals surface area contributed by atoms with Crippen molar-refractivity contribution in [1.82, 2.24) is 4.98 Å². The molecule has 2 heterocycles. The van der Waals surface area contributed by atoms with E-state index in [2.05, 4.69) is 4.98 Å². The summed E-state index contributed by atoms with van der Waals surface area (Å²) in [5.74, 6) is 0. The van der Waals surface area contributed by atoms with E-state index in [-0.39, 0.29) is 6.04 Å². The van der Waals surface area contributed by atoms with E-state index in [0.29, 0.717) is 11.3 Å². The highest BCUT2D eigenvalue weighted by Crippen LogP contribution is 2.19. The zero-order valence-electron chi connectivity index (χ0n) is 7.84. The lowest BCUT2D eigenvalue weighted by Crippen LogP contribution is -2.25. The van der Waals surface area contributed by atoms with E-state index in [1.54, 1.807) is 25.5 Å². The van der Waals surface area contributed by atoms with Gasteiger partial charge in [-0.05, 0) is 19.1 Å². The maximum Gasteiger partial charge on any atom is 0.152 e. The van der Waals surface area contributed by atoms with Gasteiger partial charge in [-0.3, -0.25) is 4.98 Å². The zero-order chi connectivity index (χ0) is 10.1. The highest BCUT2D eigenvalue weighted by Gasteiger charge is 2.14. The van der Waals surface area contributed by atoms with Gasteiger partial charge in [-0.25, -0.2) is 0 Å². The van der Waals surface area contributed by atoms with E-state index in [1.165, 1.54) is 0 Å². The Morgan fingerprint density at radius 2 is 2.36 bits per heavy atom. The molecule has 0 saturated carbocycles. The summed E-state index contributed by atoms with van der Waals surface area (Å²) >= 11 is 0. The monoisotopic (exact) mass is 192 g/mol. The first-order chi connectivity index (χ1) is 6.68. The van der Waals surface area contributed by atoms with Crippen molar-refractivity contribution >= 4 is 11.0 Å². The van der Waals surface area contributed by atoms with E-state index in [0.717, 1.165) is 5.39 Å². The van der Waals surface area contributed by atoms with Crippen LogP contribution in [0, 0.1) is 0 Å². The zero-order valence-corrected chi connectivity index (χ0v) is 7.84. The van der Waals surface area contributed by atoms with E-state index in [4.69, 9.17) is 10.2 Å². The molecule has 2 unspecified atom stereocenters. The van der Waals surface area contributed by atoms with Gasteiger partial charge in [0.15, 0.2) is 5.58 Å². The third-order valence-electron chi connectivity index (χ3n) is 2.16. The predicted octanol–water partition coefficient (Wildman–Crippen LogP) is 1.21. The summed E-state index contributed by atoms with van der Waals surface area (Å²) in [7, 11) is 0. The van der Waals surface area contributed by atoms with Gasteiger partial charge in [0, 0.05) is 11.4 Å². The number of pyridine rings is 1. The van der Waals surface area contributed by atoms with E-state index in [9.17, 15) is 5.11 Å². The van der Waals surface area contributed by atoms with Gasteiger partial charge >= 0.3 is 0 Å². The smallest absolute Gasteiger partial charge is 0.152 e. The molecule has 0 bridgehead atoms. The Kier molecular flexibility index (Phi) is 2.23. The summed E-state index contributed by atoms with van der Waals surface area (Å²) in [5, 5.41) is 10.6. The van der Waals surface area contributed by atoms with Crippen LogP contribution < -0.4 is 5.73 Å². The highest BCUT2D eigenvalue weighted by atomic mass is 16.3. The van der Waals surface area contributed by atoms with Crippen LogP contribution in [-0.2, 0) is 0 Å². The van der Waals surface area contributed by atoms with Crippen LogP contribution in [0.25, 0.3) is 11.0 Å². The molecule has 0 aliphatic rings. The molecule has 0 aliphatic carbocycles. The summed E-state index contributed by atoms with van der Waals surface area (Å²) < 4.78 is 5.14. The molecule has 0 amide bonds. The van der Waals surface area contributed by atoms with Crippen molar-refractivity contribution in [2.45, 2.75) is 19.1 Å². The van der Waals surface area contributed by atoms with Crippen molar-refractivity contribution in [3.05, 3.63) is 30.3 Å². The van der Waals surface area contributed by atoms with Gasteiger partial charge in [0.1, 0.15) is 6.10 Å². The fraction of sp³-hybridized carbons (Fsp3) is 0.300. The molecule has 74 valence electrons. The molecular formula is C10H12N2O2. The van der Waals surface area contributed by atoms with Crippen molar-refractivity contribution < 1.29 is 9.52 Å². The number of aromatic nitrogens is 1. The number of furan rings is 1. The summed E-state index contributed by atoms with van der Waals surface area (Å²) in [6, 6.07) is 3.29. The molecular weight excluding hydrogens is 180 g/mol. The number of rotatable bonds is 2. The molecule has 2 aromatic rings. The van der Waals surface area contributed by atoms with E-state index < -0.39 is 6.10 Å². The Hall–Kier alpha value is -1.39. The second kappa shape index (κ2) is 3.40. The first-order valence-corrected chi connectivity index (χ1v) is 4.45. The fourth-order valence-electron chi connectivity index (χ4n) is 1.32. The van der Waals surface area contributed by atoms with Crippen LogP contribution in [-0.4, -0.2) is 16.1 Å². The van der Waals surface area contributed by atoms with Crippen molar-refractivity contribution in [3.63, 3.8) is 0 Å². The molecule has 0 aromatic carbocycles. The van der Waals surface area contributed by atoms with Gasteiger partial charge in [0.25, 0.3) is 0 Å².